The van der Waals surface area contributed by atoms with Crippen molar-refractivity contribution in [3.05, 3.63) is 29.8 Å². The quantitative estimate of drug-likeness (QED) is 0.547. The zero-order chi connectivity index (χ0) is 18.3. The molecule has 1 aromatic rings. The Morgan fingerprint density at radius 3 is 2.17 bits per heavy atom. The maximum Gasteiger partial charge on any atom is 0.350 e. The van der Waals surface area contributed by atoms with Crippen LogP contribution < -0.4 is 10.3 Å². The molecule has 0 aromatic heterocycles. The summed E-state index contributed by atoms with van der Waals surface area (Å²) >= 11 is 11.2. The summed E-state index contributed by atoms with van der Waals surface area (Å²) in [6, 6.07) is 7.38. The number of hydrogen-bond donors (Lipinski definition) is 1. The van der Waals surface area contributed by atoms with E-state index in [0.29, 0.717) is 11.9 Å². The SMILES string of the molecule is CC(C)C1NN(SC(F)(Cl)Cl)C(=O)N1c1ccc(C(C)(C)C)cc1. The Labute approximate surface area is 156 Å². The first-order chi connectivity index (χ1) is 10.9. The van der Waals surface area contributed by atoms with Crippen LogP contribution in [0.15, 0.2) is 24.3 Å². The lowest BCUT2D eigenvalue weighted by Crippen LogP contribution is -2.41. The molecule has 1 aliphatic heterocycles. The molecule has 0 radical (unpaired) electrons. The molecular weight excluding hydrogens is 372 g/mol. The lowest BCUT2D eigenvalue weighted by molar-refractivity contribution is 0.235. The second kappa shape index (κ2) is 6.90. The van der Waals surface area contributed by atoms with E-state index in [9.17, 15) is 9.18 Å². The third-order valence-corrected chi connectivity index (χ3v) is 4.81. The standard InChI is InChI=1S/C16H22Cl2FN3OS/c1-10(2)13-20-22(24-16(17,18)19)14(23)21(13)12-8-6-11(7-9-12)15(3,4)5/h6-10,13,20H,1-5H3. The number of alkyl halides is 3. The Morgan fingerprint density at radius 1 is 1.21 bits per heavy atom. The molecule has 1 aliphatic rings. The van der Waals surface area contributed by atoms with Crippen molar-refractivity contribution in [2.24, 2.45) is 5.92 Å². The van der Waals surface area contributed by atoms with Gasteiger partial charge in [-0.25, -0.2) is 4.79 Å². The minimum Gasteiger partial charge on any atom is -0.275 e. The van der Waals surface area contributed by atoms with Gasteiger partial charge in [0.15, 0.2) is 0 Å². The lowest BCUT2D eigenvalue weighted by Gasteiger charge is -2.26. The Balaban J connectivity index is 2.30. The molecule has 0 saturated carbocycles. The molecule has 134 valence electrons. The van der Waals surface area contributed by atoms with E-state index in [1.54, 1.807) is 4.90 Å². The number of nitrogens with zero attached hydrogens (tertiary/aromatic N) is 2. The van der Waals surface area contributed by atoms with Crippen LogP contribution in [0.2, 0.25) is 0 Å². The highest BCUT2D eigenvalue weighted by Crippen LogP contribution is 2.41. The predicted octanol–water partition coefficient (Wildman–Crippen LogP) is 5.42. The molecule has 1 heterocycles. The van der Waals surface area contributed by atoms with Crippen LogP contribution in [0.4, 0.5) is 14.9 Å². The van der Waals surface area contributed by atoms with Crippen molar-refractivity contribution < 1.29 is 9.18 Å². The summed E-state index contributed by atoms with van der Waals surface area (Å²) in [6.07, 6.45) is -0.318. The number of anilines is 1. The summed E-state index contributed by atoms with van der Waals surface area (Å²) < 4.78 is 12.0. The maximum atomic E-state index is 13.5. The van der Waals surface area contributed by atoms with Crippen molar-refractivity contribution in [2.75, 3.05) is 4.90 Å². The first-order valence-electron chi connectivity index (χ1n) is 7.66. The zero-order valence-electron chi connectivity index (χ0n) is 14.3. The van der Waals surface area contributed by atoms with Crippen molar-refractivity contribution in [1.82, 2.24) is 9.84 Å². The lowest BCUT2D eigenvalue weighted by atomic mass is 9.87. The van der Waals surface area contributed by atoms with E-state index in [-0.39, 0.29) is 17.5 Å². The van der Waals surface area contributed by atoms with Crippen molar-refractivity contribution in [2.45, 2.75) is 50.1 Å². The van der Waals surface area contributed by atoms with Crippen LogP contribution in [-0.4, -0.2) is 20.5 Å². The van der Waals surface area contributed by atoms with Gasteiger partial charge in [-0.1, -0.05) is 70.0 Å². The molecule has 0 aliphatic carbocycles. The number of nitrogens with one attached hydrogen (secondary N) is 1. The molecule has 0 bridgehead atoms. The summed E-state index contributed by atoms with van der Waals surface area (Å²) in [5, 5.41) is 0. The van der Waals surface area contributed by atoms with Crippen molar-refractivity contribution in [1.29, 1.82) is 0 Å². The van der Waals surface area contributed by atoms with E-state index in [1.807, 2.05) is 38.1 Å². The number of rotatable bonds is 4. The van der Waals surface area contributed by atoms with Gasteiger partial charge in [0.2, 0.25) is 0 Å². The van der Waals surface area contributed by atoms with Gasteiger partial charge in [-0.15, -0.1) is 0 Å². The molecule has 1 saturated heterocycles. The molecule has 1 N–H and O–H groups in total. The van der Waals surface area contributed by atoms with E-state index >= 15 is 0 Å². The van der Waals surface area contributed by atoms with Gasteiger partial charge in [-0.2, -0.15) is 14.2 Å². The maximum absolute atomic E-state index is 13.5. The summed E-state index contributed by atoms with van der Waals surface area (Å²) in [5.41, 5.74) is 4.88. The number of carbonyl (C=O) groups excluding carboxylic acids is 1. The summed E-state index contributed by atoms with van der Waals surface area (Å²) in [7, 11) is 0. The molecule has 8 heteroatoms. The smallest absolute Gasteiger partial charge is 0.275 e. The molecule has 1 aromatic carbocycles. The van der Waals surface area contributed by atoms with Crippen molar-refractivity contribution in [3.63, 3.8) is 0 Å². The highest BCUT2D eigenvalue weighted by molar-refractivity contribution is 8.01. The highest BCUT2D eigenvalue weighted by atomic mass is 35.5. The largest absolute Gasteiger partial charge is 0.350 e. The van der Waals surface area contributed by atoms with Gasteiger partial charge in [-0.3, -0.25) is 4.90 Å². The van der Waals surface area contributed by atoms with Crippen LogP contribution in [0.5, 0.6) is 0 Å². The molecule has 4 nitrogen and oxygen atoms in total. The zero-order valence-corrected chi connectivity index (χ0v) is 16.6. The van der Waals surface area contributed by atoms with Gasteiger partial charge in [0.25, 0.3) is 0 Å². The van der Waals surface area contributed by atoms with Crippen LogP contribution in [-0.2, 0) is 5.41 Å². The number of hydrazine groups is 1. The van der Waals surface area contributed by atoms with Crippen LogP contribution in [0.1, 0.15) is 40.2 Å². The Hall–Kier alpha value is -0.690. The third kappa shape index (κ3) is 4.48. The number of hydrogen-bond acceptors (Lipinski definition) is 3. The van der Waals surface area contributed by atoms with E-state index < -0.39 is 9.95 Å². The first kappa shape index (κ1) is 19.6. The normalized spacial score (nSPS) is 19.5. The number of urea groups is 1. The first-order valence-corrected chi connectivity index (χ1v) is 9.19. The Kier molecular flexibility index (Phi) is 5.65. The molecule has 1 unspecified atom stereocenters. The minimum atomic E-state index is -2.59. The van der Waals surface area contributed by atoms with E-state index in [2.05, 4.69) is 26.2 Å². The molecule has 2 rings (SSSR count). The van der Waals surface area contributed by atoms with Crippen molar-refractivity contribution in [3.8, 4) is 0 Å². The molecule has 1 fully saturated rings. The molecule has 1 atom stereocenters. The average molecular weight is 394 g/mol. The fraction of sp³-hybridized carbons (Fsp3) is 0.562. The number of amides is 2. The van der Waals surface area contributed by atoms with Gasteiger partial charge < -0.3 is 0 Å². The van der Waals surface area contributed by atoms with Crippen LogP contribution in [0, 0.1) is 5.92 Å². The number of halogens is 3. The van der Waals surface area contributed by atoms with Gasteiger partial charge >= 0.3 is 9.95 Å². The molecular formula is C16H22Cl2FN3OS. The average Bonchev–Trinajstić information content (AvgIpc) is 2.73. The summed E-state index contributed by atoms with van der Waals surface area (Å²) in [5.74, 6) is 0.0986. The molecule has 24 heavy (non-hydrogen) atoms. The fourth-order valence-corrected chi connectivity index (χ4v) is 3.41. The van der Waals surface area contributed by atoms with Gasteiger partial charge in [0, 0.05) is 17.6 Å². The van der Waals surface area contributed by atoms with Crippen molar-refractivity contribution >= 4 is 46.9 Å². The highest BCUT2D eigenvalue weighted by Gasteiger charge is 2.43. The van der Waals surface area contributed by atoms with Crippen LogP contribution >= 0.6 is 35.1 Å². The Bertz CT molecular complexity index is 599. The predicted molar refractivity (Wildman–Crippen MR) is 99.8 cm³/mol. The van der Waals surface area contributed by atoms with E-state index in [1.165, 1.54) is 5.56 Å². The van der Waals surface area contributed by atoms with E-state index in [0.717, 1.165) is 10.1 Å². The number of carbonyl (C=O) groups is 1. The second-order valence-corrected chi connectivity index (χ2v) is 9.89. The topological polar surface area (TPSA) is 35.6 Å². The molecule has 2 amide bonds. The van der Waals surface area contributed by atoms with Gasteiger partial charge in [0.05, 0.1) is 0 Å². The number of benzene rings is 1. The van der Waals surface area contributed by atoms with Gasteiger partial charge in [0.1, 0.15) is 6.17 Å². The summed E-state index contributed by atoms with van der Waals surface area (Å²) in [4.78, 5) is 14.3. The second-order valence-electron chi connectivity index (χ2n) is 7.10. The summed E-state index contributed by atoms with van der Waals surface area (Å²) in [6.45, 7) is 10.3. The third-order valence-electron chi connectivity index (χ3n) is 3.75. The van der Waals surface area contributed by atoms with Crippen LogP contribution in [0.3, 0.4) is 0 Å². The minimum absolute atomic E-state index is 0.0240. The van der Waals surface area contributed by atoms with Crippen LogP contribution in [0.25, 0.3) is 0 Å². The Morgan fingerprint density at radius 2 is 1.75 bits per heavy atom. The monoisotopic (exact) mass is 393 g/mol. The molecule has 0 spiro atoms. The fourth-order valence-electron chi connectivity index (χ4n) is 2.46. The van der Waals surface area contributed by atoms with E-state index in [4.69, 9.17) is 23.2 Å². The van der Waals surface area contributed by atoms with Gasteiger partial charge in [-0.05, 0) is 29.0 Å².